The second-order valence-corrected chi connectivity index (χ2v) is 6.08. The molecule has 0 saturated heterocycles. The molecule has 0 spiro atoms. The van der Waals surface area contributed by atoms with E-state index in [-0.39, 0.29) is 23.2 Å². The summed E-state index contributed by atoms with van der Waals surface area (Å²) >= 11 is 0. The molecule has 0 aliphatic heterocycles. The molecule has 5 nitrogen and oxygen atoms in total. The highest BCUT2D eigenvalue weighted by Crippen LogP contribution is 2.37. The van der Waals surface area contributed by atoms with Gasteiger partial charge in [0.2, 0.25) is 5.75 Å². The molecule has 0 saturated carbocycles. The Hall–Kier alpha value is -2.17. The molecule has 1 aromatic carbocycles. The van der Waals surface area contributed by atoms with Gasteiger partial charge in [0.05, 0.1) is 11.5 Å². The topological polar surface area (TPSA) is 68.9 Å². The fourth-order valence-electron chi connectivity index (χ4n) is 1.92. The molecule has 0 amide bonds. The molecular formula is C16H20O5. The third-order valence-corrected chi connectivity index (χ3v) is 2.60. The van der Waals surface area contributed by atoms with Crippen LogP contribution in [0.4, 0.5) is 0 Å². The number of rotatable bonds is 3. The van der Waals surface area contributed by atoms with Gasteiger partial charge in [0.1, 0.15) is 5.60 Å². The molecule has 21 heavy (non-hydrogen) atoms. The molecule has 5 heteroatoms. The van der Waals surface area contributed by atoms with Crippen LogP contribution in [-0.4, -0.2) is 16.8 Å². The highest BCUT2D eigenvalue weighted by atomic mass is 16.5. The van der Waals surface area contributed by atoms with Crippen LogP contribution in [0.3, 0.4) is 0 Å². The summed E-state index contributed by atoms with van der Waals surface area (Å²) in [6.45, 7) is 9.20. The lowest BCUT2D eigenvalue weighted by Crippen LogP contribution is -2.23. The van der Waals surface area contributed by atoms with Gasteiger partial charge in [0, 0.05) is 0 Å². The van der Waals surface area contributed by atoms with E-state index >= 15 is 0 Å². The van der Waals surface area contributed by atoms with Gasteiger partial charge in [-0.1, -0.05) is 6.07 Å². The smallest absolute Gasteiger partial charge is 0.383 e. The van der Waals surface area contributed by atoms with E-state index in [1.807, 2.05) is 20.8 Å². The normalized spacial score (nSPS) is 11.9. The van der Waals surface area contributed by atoms with Gasteiger partial charge in [-0.2, -0.15) is 0 Å². The molecule has 1 N–H and O–H groups in total. The first-order chi connectivity index (χ1) is 9.69. The van der Waals surface area contributed by atoms with Crippen LogP contribution in [0.2, 0.25) is 0 Å². The molecule has 0 atom stereocenters. The second kappa shape index (κ2) is 5.31. The number of ether oxygens (including phenoxy) is 2. The van der Waals surface area contributed by atoms with Crippen LogP contribution in [0.5, 0.6) is 17.2 Å². The molecule has 2 aromatic rings. The molecule has 0 aliphatic rings. The van der Waals surface area contributed by atoms with Crippen molar-refractivity contribution in [2.45, 2.75) is 46.3 Å². The van der Waals surface area contributed by atoms with E-state index in [0.29, 0.717) is 11.1 Å². The number of aromatic hydroxyl groups is 1. The van der Waals surface area contributed by atoms with E-state index < -0.39 is 11.2 Å². The van der Waals surface area contributed by atoms with Gasteiger partial charge >= 0.3 is 5.63 Å². The van der Waals surface area contributed by atoms with Crippen molar-refractivity contribution < 1.29 is 19.0 Å². The summed E-state index contributed by atoms with van der Waals surface area (Å²) in [5, 5.41) is 10.6. The molecule has 2 rings (SSSR count). The maximum absolute atomic E-state index is 12.0. The minimum Gasteiger partial charge on any atom is -0.504 e. The van der Waals surface area contributed by atoms with Gasteiger partial charge in [-0.05, 0) is 46.8 Å². The Morgan fingerprint density at radius 2 is 1.90 bits per heavy atom. The van der Waals surface area contributed by atoms with Crippen LogP contribution >= 0.6 is 0 Å². The predicted octanol–water partition coefficient (Wildman–Crippen LogP) is 3.46. The van der Waals surface area contributed by atoms with E-state index in [4.69, 9.17) is 13.9 Å². The molecule has 0 fully saturated rings. The highest BCUT2D eigenvalue weighted by molar-refractivity contribution is 5.89. The van der Waals surface area contributed by atoms with Crippen molar-refractivity contribution in [2.75, 3.05) is 0 Å². The third-order valence-electron chi connectivity index (χ3n) is 2.60. The Kier molecular flexibility index (Phi) is 3.85. The Morgan fingerprint density at radius 3 is 2.48 bits per heavy atom. The Bertz CT molecular complexity index is 707. The molecular weight excluding hydrogens is 272 g/mol. The van der Waals surface area contributed by atoms with E-state index in [9.17, 15) is 9.90 Å². The highest BCUT2D eigenvalue weighted by Gasteiger charge is 2.21. The zero-order chi connectivity index (χ0) is 15.8. The van der Waals surface area contributed by atoms with Crippen LogP contribution in [0.1, 0.15) is 34.6 Å². The van der Waals surface area contributed by atoms with Crippen molar-refractivity contribution in [3.05, 3.63) is 28.6 Å². The van der Waals surface area contributed by atoms with Crippen LogP contribution in [0, 0.1) is 0 Å². The van der Waals surface area contributed by atoms with Gasteiger partial charge in [-0.3, -0.25) is 0 Å². The standard InChI is InChI=1S/C16H20O5/c1-9(2)19-14-12(17)10-7-6-8-11(21-16(3,4)5)13(10)20-15(14)18/h6-9,17H,1-5H3. The third kappa shape index (κ3) is 3.29. The summed E-state index contributed by atoms with van der Waals surface area (Å²) in [5.74, 6) is 0.00298. The number of hydrogen-bond acceptors (Lipinski definition) is 5. The van der Waals surface area contributed by atoms with Crippen molar-refractivity contribution in [3.63, 3.8) is 0 Å². The second-order valence-electron chi connectivity index (χ2n) is 6.08. The van der Waals surface area contributed by atoms with Gasteiger partial charge < -0.3 is 19.0 Å². The SMILES string of the molecule is CC(C)Oc1c(O)c2cccc(OC(C)(C)C)c2oc1=O. The van der Waals surface area contributed by atoms with Gasteiger partial charge in [0.25, 0.3) is 0 Å². The fraction of sp³-hybridized carbons (Fsp3) is 0.438. The first kappa shape index (κ1) is 15.2. The molecule has 0 aliphatic carbocycles. The molecule has 0 bridgehead atoms. The van der Waals surface area contributed by atoms with Crippen molar-refractivity contribution >= 4 is 11.0 Å². The summed E-state index contributed by atoms with van der Waals surface area (Å²) in [7, 11) is 0. The summed E-state index contributed by atoms with van der Waals surface area (Å²) in [6.07, 6.45) is -0.245. The maximum atomic E-state index is 12.0. The summed E-state index contributed by atoms with van der Waals surface area (Å²) < 4.78 is 16.4. The Balaban J connectivity index is 2.66. The molecule has 1 heterocycles. The molecule has 0 unspecified atom stereocenters. The van der Waals surface area contributed by atoms with Crippen LogP contribution < -0.4 is 15.1 Å². The fourth-order valence-corrected chi connectivity index (χ4v) is 1.92. The first-order valence-corrected chi connectivity index (χ1v) is 6.83. The Morgan fingerprint density at radius 1 is 1.24 bits per heavy atom. The lowest BCUT2D eigenvalue weighted by Gasteiger charge is -2.22. The largest absolute Gasteiger partial charge is 0.504 e. The van der Waals surface area contributed by atoms with Crippen LogP contribution in [-0.2, 0) is 0 Å². The van der Waals surface area contributed by atoms with E-state index in [0.717, 1.165) is 0 Å². The molecule has 0 radical (unpaired) electrons. The minimum absolute atomic E-state index is 0.176. The van der Waals surface area contributed by atoms with E-state index in [1.165, 1.54) is 0 Å². The van der Waals surface area contributed by atoms with Gasteiger partial charge in [-0.25, -0.2) is 4.79 Å². The van der Waals surface area contributed by atoms with Crippen molar-refractivity contribution in [3.8, 4) is 17.2 Å². The van der Waals surface area contributed by atoms with Crippen molar-refractivity contribution in [1.82, 2.24) is 0 Å². The van der Waals surface area contributed by atoms with E-state index in [1.54, 1.807) is 32.0 Å². The lowest BCUT2D eigenvalue weighted by atomic mass is 10.1. The quantitative estimate of drug-likeness (QED) is 0.877. The number of benzene rings is 1. The van der Waals surface area contributed by atoms with Crippen molar-refractivity contribution in [2.24, 2.45) is 0 Å². The molecule has 114 valence electrons. The summed E-state index contributed by atoms with van der Waals surface area (Å²) in [4.78, 5) is 12.0. The summed E-state index contributed by atoms with van der Waals surface area (Å²) in [5.41, 5.74) is -0.958. The minimum atomic E-state index is -0.723. The van der Waals surface area contributed by atoms with E-state index in [2.05, 4.69) is 0 Å². The first-order valence-electron chi connectivity index (χ1n) is 6.83. The monoisotopic (exact) mass is 292 g/mol. The zero-order valence-corrected chi connectivity index (χ0v) is 12.9. The van der Waals surface area contributed by atoms with Crippen molar-refractivity contribution in [1.29, 1.82) is 0 Å². The average Bonchev–Trinajstić information content (AvgIpc) is 2.33. The predicted molar refractivity (Wildman–Crippen MR) is 80.3 cm³/mol. The zero-order valence-electron chi connectivity index (χ0n) is 12.9. The number of hydrogen-bond donors (Lipinski definition) is 1. The van der Waals surface area contributed by atoms with Crippen LogP contribution in [0.25, 0.3) is 11.0 Å². The number of para-hydroxylation sites is 1. The average molecular weight is 292 g/mol. The Labute approximate surface area is 123 Å². The molecule has 1 aromatic heterocycles. The van der Waals surface area contributed by atoms with Gasteiger partial charge in [-0.15, -0.1) is 0 Å². The maximum Gasteiger partial charge on any atom is 0.383 e. The summed E-state index contributed by atoms with van der Waals surface area (Å²) in [6, 6.07) is 5.07. The van der Waals surface area contributed by atoms with Gasteiger partial charge in [0.15, 0.2) is 17.1 Å². The van der Waals surface area contributed by atoms with Crippen LogP contribution in [0.15, 0.2) is 27.4 Å². The number of fused-ring (bicyclic) bond motifs is 1. The lowest BCUT2D eigenvalue weighted by molar-refractivity contribution is 0.131.